The number of rotatable bonds is 7. The van der Waals surface area contributed by atoms with Crippen molar-refractivity contribution < 1.29 is 9.53 Å². The van der Waals surface area contributed by atoms with Gasteiger partial charge < -0.3 is 10.1 Å². The number of nitrogens with zero attached hydrogens (tertiary/aromatic N) is 1. The number of nitrogens with one attached hydrogen (secondary N) is 1. The fourth-order valence-electron chi connectivity index (χ4n) is 2.40. The van der Waals surface area contributed by atoms with Gasteiger partial charge in [-0.1, -0.05) is 0 Å². The van der Waals surface area contributed by atoms with E-state index in [0.29, 0.717) is 6.54 Å². The van der Waals surface area contributed by atoms with Crippen molar-refractivity contribution in [3.8, 4) is 0 Å². The first-order valence-corrected chi connectivity index (χ1v) is 7.21. The van der Waals surface area contributed by atoms with Gasteiger partial charge in [0.15, 0.2) is 0 Å². The number of hydrogen-bond donors (Lipinski definition) is 1. The predicted octanol–water partition coefficient (Wildman–Crippen LogP) is 1.65. The fourth-order valence-corrected chi connectivity index (χ4v) is 2.40. The van der Waals surface area contributed by atoms with Gasteiger partial charge in [-0.3, -0.25) is 9.69 Å². The van der Waals surface area contributed by atoms with Gasteiger partial charge in [-0.25, -0.2) is 0 Å². The van der Waals surface area contributed by atoms with Crippen LogP contribution in [0.3, 0.4) is 0 Å². The number of carbonyl (C=O) groups excluding carboxylic acids is 1. The predicted molar refractivity (Wildman–Crippen MR) is 73.6 cm³/mol. The van der Waals surface area contributed by atoms with Crippen LogP contribution in [0.4, 0.5) is 0 Å². The van der Waals surface area contributed by atoms with Crippen LogP contribution in [-0.4, -0.2) is 49.7 Å². The van der Waals surface area contributed by atoms with Gasteiger partial charge in [0.05, 0.1) is 6.54 Å². The Morgan fingerprint density at radius 3 is 2.61 bits per heavy atom. The van der Waals surface area contributed by atoms with E-state index in [1.807, 2.05) is 20.8 Å². The van der Waals surface area contributed by atoms with Crippen LogP contribution in [0.1, 0.15) is 40.0 Å². The Labute approximate surface area is 111 Å². The topological polar surface area (TPSA) is 41.6 Å². The van der Waals surface area contributed by atoms with Crippen molar-refractivity contribution in [1.29, 1.82) is 0 Å². The molecule has 0 aromatic carbocycles. The van der Waals surface area contributed by atoms with Gasteiger partial charge in [0, 0.05) is 19.3 Å². The highest BCUT2D eigenvalue weighted by Gasteiger charge is 2.20. The number of hydrogen-bond acceptors (Lipinski definition) is 3. The van der Waals surface area contributed by atoms with E-state index in [1.165, 1.54) is 19.3 Å². The Kier molecular flexibility index (Phi) is 7.28. The molecule has 106 valence electrons. The zero-order valence-electron chi connectivity index (χ0n) is 12.1. The lowest BCUT2D eigenvalue weighted by Gasteiger charge is -2.31. The molecule has 1 heterocycles. The van der Waals surface area contributed by atoms with Crippen molar-refractivity contribution >= 4 is 5.91 Å². The molecular formula is C14H28N2O2. The van der Waals surface area contributed by atoms with Gasteiger partial charge in [-0.15, -0.1) is 0 Å². The van der Waals surface area contributed by atoms with Crippen LogP contribution >= 0.6 is 0 Å². The number of piperidine rings is 1. The van der Waals surface area contributed by atoms with E-state index < -0.39 is 0 Å². The molecule has 0 aromatic heterocycles. The summed E-state index contributed by atoms with van der Waals surface area (Å²) in [5, 5.41) is 2.94. The highest BCUT2D eigenvalue weighted by Crippen LogP contribution is 2.20. The SMILES string of the molecule is CCOCCC1CCN(CC(=O)NC(C)C)CC1. The van der Waals surface area contributed by atoms with Gasteiger partial charge in [0.2, 0.25) is 5.91 Å². The van der Waals surface area contributed by atoms with Crippen LogP contribution < -0.4 is 5.32 Å². The molecule has 0 aromatic rings. The monoisotopic (exact) mass is 256 g/mol. The summed E-state index contributed by atoms with van der Waals surface area (Å²) >= 11 is 0. The molecule has 0 bridgehead atoms. The lowest BCUT2D eigenvalue weighted by atomic mass is 9.94. The third kappa shape index (κ3) is 6.36. The minimum Gasteiger partial charge on any atom is -0.382 e. The molecule has 4 heteroatoms. The Hall–Kier alpha value is -0.610. The molecule has 1 aliphatic heterocycles. The van der Waals surface area contributed by atoms with Crippen LogP contribution in [0.2, 0.25) is 0 Å². The van der Waals surface area contributed by atoms with Crippen LogP contribution in [0.5, 0.6) is 0 Å². The summed E-state index contributed by atoms with van der Waals surface area (Å²) in [5.41, 5.74) is 0. The normalized spacial score (nSPS) is 18.2. The highest BCUT2D eigenvalue weighted by molar-refractivity contribution is 5.78. The van der Waals surface area contributed by atoms with Gasteiger partial charge in [-0.05, 0) is 59.0 Å². The summed E-state index contributed by atoms with van der Waals surface area (Å²) < 4.78 is 5.39. The average Bonchev–Trinajstić information content (AvgIpc) is 2.30. The second kappa shape index (κ2) is 8.48. The van der Waals surface area contributed by atoms with E-state index in [-0.39, 0.29) is 11.9 Å². The molecule has 1 saturated heterocycles. The quantitative estimate of drug-likeness (QED) is 0.704. The Morgan fingerprint density at radius 1 is 1.39 bits per heavy atom. The van der Waals surface area contributed by atoms with Crippen LogP contribution in [-0.2, 0) is 9.53 Å². The zero-order chi connectivity index (χ0) is 13.4. The maximum atomic E-state index is 11.6. The molecular weight excluding hydrogens is 228 g/mol. The zero-order valence-corrected chi connectivity index (χ0v) is 12.1. The fraction of sp³-hybridized carbons (Fsp3) is 0.929. The number of likely N-dealkylation sites (tertiary alicyclic amines) is 1. The van der Waals surface area contributed by atoms with Gasteiger partial charge in [-0.2, -0.15) is 0 Å². The second-order valence-electron chi connectivity index (χ2n) is 5.43. The van der Waals surface area contributed by atoms with Crippen molar-refractivity contribution in [3.05, 3.63) is 0 Å². The minimum absolute atomic E-state index is 0.151. The first-order chi connectivity index (χ1) is 8.61. The maximum absolute atomic E-state index is 11.6. The third-order valence-electron chi connectivity index (χ3n) is 3.40. The maximum Gasteiger partial charge on any atom is 0.234 e. The molecule has 0 saturated carbocycles. The van der Waals surface area contributed by atoms with Gasteiger partial charge in [0.25, 0.3) is 0 Å². The van der Waals surface area contributed by atoms with E-state index >= 15 is 0 Å². The lowest BCUT2D eigenvalue weighted by molar-refractivity contribution is -0.123. The average molecular weight is 256 g/mol. The molecule has 4 nitrogen and oxygen atoms in total. The molecule has 1 N–H and O–H groups in total. The summed E-state index contributed by atoms with van der Waals surface area (Å²) in [7, 11) is 0. The molecule has 0 aliphatic carbocycles. The van der Waals surface area contributed by atoms with Crippen LogP contribution in [0.25, 0.3) is 0 Å². The van der Waals surface area contributed by atoms with E-state index in [9.17, 15) is 4.79 Å². The molecule has 0 unspecified atom stereocenters. The highest BCUT2D eigenvalue weighted by atomic mass is 16.5. The molecule has 1 aliphatic rings. The van der Waals surface area contributed by atoms with E-state index in [4.69, 9.17) is 4.74 Å². The van der Waals surface area contributed by atoms with Crippen molar-refractivity contribution in [2.45, 2.75) is 46.1 Å². The second-order valence-corrected chi connectivity index (χ2v) is 5.43. The molecule has 0 radical (unpaired) electrons. The molecule has 18 heavy (non-hydrogen) atoms. The molecule has 0 spiro atoms. The van der Waals surface area contributed by atoms with Crippen molar-refractivity contribution in [3.63, 3.8) is 0 Å². The Morgan fingerprint density at radius 2 is 2.06 bits per heavy atom. The summed E-state index contributed by atoms with van der Waals surface area (Å²) in [4.78, 5) is 13.9. The standard InChI is InChI=1S/C14H28N2O2/c1-4-18-10-7-13-5-8-16(9-6-13)11-14(17)15-12(2)3/h12-13H,4-11H2,1-3H3,(H,15,17). The minimum atomic E-state index is 0.151. The molecule has 1 rings (SSSR count). The largest absolute Gasteiger partial charge is 0.382 e. The first-order valence-electron chi connectivity index (χ1n) is 7.21. The summed E-state index contributed by atoms with van der Waals surface area (Å²) in [6.45, 7) is 10.4. The summed E-state index contributed by atoms with van der Waals surface area (Å²) in [5.74, 6) is 0.929. The van der Waals surface area contributed by atoms with E-state index in [1.54, 1.807) is 0 Å². The van der Waals surface area contributed by atoms with Crippen LogP contribution in [0, 0.1) is 5.92 Å². The third-order valence-corrected chi connectivity index (χ3v) is 3.40. The van der Waals surface area contributed by atoms with Gasteiger partial charge >= 0.3 is 0 Å². The molecule has 1 amide bonds. The Balaban J connectivity index is 2.13. The smallest absolute Gasteiger partial charge is 0.234 e. The van der Waals surface area contributed by atoms with E-state index in [0.717, 1.165) is 32.2 Å². The molecule has 1 fully saturated rings. The number of carbonyl (C=O) groups is 1. The first kappa shape index (κ1) is 15.4. The Bertz CT molecular complexity index is 236. The van der Waals surface area contributed by atoms with E-state index in [2.05, 4.69) is 10.2 Å². The molecule has 0 atom stereocenters. The van der Waals surface area contributed by atoms with Crippen molar-refractivity contribution in [1.82, 2.24) is 10.2 Å². The number of ether oxygens (including phenoxy) is 1. The summed E-state index contributed by atoms with van der Waals surface area (Å²) in [6, 6.07) is 0.237. The van der Waals surface area contributed by atoms with Gasteiger partial charge in [0.1, 0.15) is 0 Å². The summed E-state index contributed by atoms with van der Waals surface area (Å²) in [6.07, 6.45) is 3.56. The lowest BCUT2D eigenvalue weighted by Crippen LogP contribution is -2.43. The van der Waals surface area contributed by atoms with Crippen LogP contribution in [0.15, 0.2) is 0 Å². The number of amides is 1. The van der Waals surface area contributed by atoms with Crippen molar-refractivity contribution in [2.75, 3.05) is 32.8 Å². The van der Waals surface area contributed by atoms with Crippen molar-refractivity contribution in [2.24, 2.45) is 5.92 Å².